The van der Waals surface area contributed by atoms with Gasteiger partial charge in [0.2, 0.25) is 0 Å². The van der Waals surface area contributed by atoms with Crippen molar-refractivity contribution in [3.05, 3.63) is 36.0 Å². The van der Waals surface area contributed by atoms with Gasteiger partial charge < -0.3 is 5.32 Å². The van der Waals surface area contributed by atoms with Crippen LogP contribution in [0, 0.1) is 0 Å². The van der Waals surface area contributed by atoms with Gasteiger partial charge in [0.05, 0.1) is 5.56 Å². The molecule has 0 aliphatic carbocycles. The third-order valence-electron chi connectivity index (χ3n) is 2.77. The number of aryl methyl sites for hydroxylation is 1. The Morgan fingerprint density at radius 1 is 1.39 bits per heavy atom. The molecule has 3 nitrogen and oxygen atoms in total. The number of halogens is 2. The van der Waals surface area contributed by atoms with Crippen LogP contribution in [0.2, 0.25) is 0 Å². The second-order valence-electron chi connectivity index (χ2n) is 3.92. The van der Waals surface area contributed by atoms with Gasteiger partial charge in [0.15, 0.2) is 0 Å². The lowest BCUT2D eigenvalue weighted by Crippen LogP contribution is -1.94. The third kappa shape index (κ3) is 2.34. The summed E-state index contributed by atoms with van der Waals surface area (Å²) in [6.07, 6.45) is -1.11. The zero-order valence-corrected chi connectivity index (χ0v) is 10.3. The minimum absolute atomic E-state index is 0.0231. The summed E-state index contributed by atoms with van der Waals surface area (Å²) in [6.45, 7) is 2.45. The number of nitrogens with one attached hydrogen (secondary N) is 1. The molecule has 0 fully saturated rings. The van der Waals surface area contributed by atoms with Crippen LogP contribution in [0.15, 0.2) is 30.5 Å². The smallest absolute Gasteiger partial charge is 0.267 e. The summed E-state index contributed by atoms with van der Waals surface area (Å²) in [5.41, 5.74) is 1.90. The molecule has 0 spiro atoms. The minimum Gasteiger partial charge on any atom is -0.388 e. The topological polar surface area (TPSA) is 29.9 Å². The summed E-state index contributed by atoms with van der Waals surface area (Å²) in [6, 6.07) is 7.30. The molecule has 0 bridgehead atoms. The van der Waals surface area contributed by atoms with E-state index >= 15 is 0 Å². The van der Waals surface area contributed by atoms with Crippen LogP contribution in [0.1, 0.15) is 18.9 Å². The third-order valence-corrected chi connectivity index (χ3v) is 2.77. The van der Waals surface area contributed by atoms with E-state index in [1.165, 1.54) is 10.9 Å². The van der Waals surface area contributed by atoms with Crippen LogP contribution in [0.5, 0.6) is 0 Å². The largest absolute Gasteiger partial charge is 0.388 e. The molecule has 0 saturated carbocycles. The molecule has 18 heavy (non-hydrogen) atoms. The molecule has 1 aromatic heterocycles. The summed E-state index contributed by atoms with van der Waals surface area (Å²) in [4.78, 5) is 0. The Hall–Kier alpha value is -1.91. The minimum atomic E-state index is -2.52. The number of nitrogens with zero attached hydrogens (tertiary/aromatic N) is 2. The fourth-order valence-corrected chi connectivity index (χ4v) is 1.80. The number of anilines is 1. The molecular formula is C13H15F2N3. The maximum atomic E-state index is 13.0. The molecule has 0 amide bonds. The van der Waals surface area contributed by atoms with E-state index in [0.29, 0.717) is 17.8 Å². The van der Waals surface area contributed by atoms with Crippen LogP contribution in [-0.2, 0) is 6.54 Å². The zero-order valence-electron chi connectivity index (χ0n) is 10.3. The Bertz CT molecular complexity index is 535. The lowest BCUT2D eigenvalue weighted by atomic mass is 10.1. The molecule has 0 atom stereocenters. The van der Waals surface area contributed by atoms with Crippen LogP contribution in [0.25, 0.3) is 11.3 Å². The quantitative estimate of drug-likeness (QED) is 0.900. The van der Waals surface area contributed by atoms with Gasteiger partial charge >= 0.3 is 0 Å². The molecule has 0 aliphatic rings. The average Bonchev–Trinajstić information content (AvgIpc) is 2.83. The summed E-state index contributed by atoms with van der Waals surface area (Å²) in [5, 5.41) is 7.19. The van der Waals surface area contributed by atoms with Crippen LogP contribution in [0.3, 0.4) is 0 Å². The standard InChI is InChI=1S/C13H15F2N3/c1-3-18-8-11(13(14)15)12(17-18)9-5-4-6-10(7-9)16-2/h4-8,13,16H,3H2,1-2H3. The number of rotatable bonds is 4. The first-order valence-electron chi connectivity index (χ1n) is 5.79. The number of hydrogen-bond acceptors (Lipinski definition) is 2. The Balaban J connectivity index is 2.51. The summed E-state index contributed by atoms with van der Waals surface area (Å²) >= 11 is 0. The van der Waals surface area contributed by atoms with Gasteiger partial charge in [0, 0.05) is 31.0 Å². The fourth-order valence-electron chi connectivity index (χ4n) is 1.80. The van der Waals surface area contributed by atoms with Crippen molar-refractivity contribution in [3.8, 4) is 11.3 Å². The van der Waals surface area contributed by atoms with Crippen molar-refractivity contribution in [1.29, 1.82) is 0 Å². The zero-order chi connectivity index (χ0) is 13.1. The number of alkyl halides is 2. The molecule has 0 radical (unpaired) electrons. The molecule has 0 unspecified atom stereocenters. The lowest BCUT2D eigenvalue weighted by molar-refractivity contribution is 0.152. The van der Waals surface area contributed by atoms with Gasteiger partial charge in [-0.05, 0) is 19.1 Å². The molecule has 2 aromatic rings. The number of aromatic nitrogens is 2. The Morgan fingerprint density at radius 3 is 2.78 bits per heavy atom. The second kappa shape index (κ2) is 5.16. The van der Waals surface area contributed by atoms with Crippen LogP contribution >= 0.6 is 0 Å². The molecule has 1 N–H and O–H groups in total. The number of hydrogen-bond donors (Lipinski definition) is 1. The van der Waals surface area contributed by atoms with Crippen molar-refractivity contribution < 1.29 is 8.78 Å². The SMILES string of the molecule is CCn1cc(C(F)F)c(-c2cccc(NC)c2)n1. The first kappa shape index (κ1) is 12.5. The molecule has 0 saturated heterocycles. The van der Waals surface area contributed by atoms with Crippen LogP contribution in [0.4, 0.5) is 14.5 Å². The molecule has 5 heteroatoms. The van der Waals surface area contributed by atoms with Gasteiger partial charge in [-0.1, -0.05) is 12.1 Å². The van der Waals surface area contributed by atoms with E-state index in [1.807, 2.05) is 25.1 Å². The first-order chi connectivity index (χ1) is 8.65. The average molecular weight is 251 g/mol. The first-order valence-corrected chi connectivity index (χ1v) is 5.79. The van der Waals surface area contributed by atoms with Crippen molar-refractivity contribution in [1.82, 2.24) is 9.78 Å². The molecule has 96 valence electrons. The second-order valence-corrected chi connectivity index (χ2v) is 3.92. The molecule has 2 rings (SSSR count). The van der Waals surface area contributed by atoms with Gasteiger partial charge in [0.25, 0.3) is 6.43 Å². The van der Waals surface area contributed by atoms with E-state index in [9.17, 15) is 8.78 Å². The van der Waals surface area contributed by atoms with Crippen molar-refractivity contribution in [3.63, 3.8) is 0 Å². The van der Waals surface area contributed by atoms with E-state index in [0.717, 1.165) is 5.69 Å². The van der Waals surface area contributed by atoms with E-state index in [1.54, 1.807) is 13.1 Å². The molecular weight excluding hydrogens is 236 g/mol. The van der Waals surface area contributed by atoms with Crippen LogP contribution in [-0.4, -0.2) is 16.8 Å². The molecule has 1 heterocycles. The lowest BCUT2D eigenvalue weighted by Gasteiger charge is -2.04. The normalized spacial score (nSPS) is 10.9. The van der Waals surface area contributed by atoms with Gasteiger partial charge in [-0.15, -0.1) is 0 Å². The fraction of sp³-hybridized carbons (Fsp3) is 0.308. The van der Waals surface area contributed by atoms with E-state index < -0.39 is 6.43 Å². The van der Waals surface area contributed by atoms with Gasteiger partial charge in [-0.25, -0.2) is 8.78 Å². The maximum absolute atomic E-state index is 13.0. The maximum Gasteiger partial charge on any atom is 0.267 e. The predicted molar refractivity (Wildman–Crippen MR) is 67.8 cm³/mol. The Kier molecular flexibility index (Phi) is 3.60. The molecule has 0 aliphatic heterocycles. The highest BCUT2D eigenvalue weighted by molar-refractivity contribution is 5.67. The molecule has 1 aromatic carbocycles. The van der Waals surface area contributed by atoms with E-state index in [2.05, 4.69) is 10.4 Å². The van der Waals surface area contributed by atoms with Gasteiger partial charge in [-0.2, -0.15) is 5.10 Å². The van der Waals surface area contributed by atoms with Crippen LogP contribution < -0.4 is 5.32 Å². The monoisotopic (exact) mass is 251 g/mol. The van der Waals surface area contributed by atoms with Crippen molar-refractivity contribution in [2.75, 3.05) is 12.4 Å². The van der Waals surface area contributed by atoms with Gasteiger partial charge in [0.1, 0.15) is 5.69 Å². The van der Waals surface area contributed by atoms with Gasteiger partial charge in [-0.3, -0.25) is 4.68 Å². The highest BCUT2D eigenvalue weighted by Gasteiger charge is 2.18. The predicted octanol–water partition coefficient (Wildman–Crippen LogP) is 3.55. The van der Waals surface area contributed by atoms with Crippen molar-refractivity contribution in [2.24, 2.45) is 0 Å². The van der Waals surface area contributed by atoms with E-state index in [-0.39, 0.29) is 5.56 Å². The van der Waals surface area contributed by atoms with Crippen molar-refractivity contribution >= 4 is 5.69 Å². The summed E-state index contributed by atoms with van der Waals surface area (Å²) < 4.78 is 27.5. The summed E-state index contributed by atoms with van der Waals surface area (Å²) in [7, 11) is 1.79. The summed E-state index contributed by atoms with van der Waals surface area (Å²) in [5.74, 6) is 0. The highest BCUT2D eigenvalue weighted by atomic mass is 19.3. The Labute approximate surface area is 104 Å². The highest BCUT2D eigenvalue weighted by Crippen LogP contribution is 2.31. The number of benzene rings is 1. The van der Waals surface area contributed by atoms with E-state index in [4.69, 9.17) is 0 Å². The Morgan fingerprint density at radius 2 is 2.17 bits per heavy atom. The van der Waals surface area contributed by atoms with Crippen molar-refractivity contribution in [2.45, 2.75) is 19.9 Å².